The lowest BCUT2D eigenvalue weighted by molar-refractivity contribution is -0.152. The van der Waals surface area contributed by atoms with Crippen LogP contribution in [-0.2, 0) is 39.3 Å². The molecule has 1 aromatic heterocycles. The molecule has 15 heteroatoms. The van der Waals surface area contributed by atoms with Gasteiger partial charge in [0.1, 0.15) is 24.2 Å². The number of carbonyl (C=O) groups excluding carboxylic acids is 1. The third kappa shape index (κ3) is 8.09. The first kappa shape index (κ1) is 31.7. The lowest BCUT2D eigenvalue weighted by atomic mass is 10.2. The minimum absolute atomic E-state index is 0.0614. The summed E-state index contributed by atoms with van der Waals surface area (Å²) in [5.41, 5.74) is -1.15. The number of nitrogens with one attached hydrogen (secondary N) is 2. The second-order valence-corrected chi connectivity index (χ2v) is 10.7. The van der Waals surface area contributed by atoms with Crippen molar-refractivity contribution in [2.45, 2.75) is 70.8 Å². The summed E-state index contributed by atoms with van der Waals surface area (Å²) in [5, 5.41) is 2.79. The standard InChI is InChI=1S/C25H35FN3O10P/c1-6-16-9-8-10-17(11-16)39-40(33,28-15(3)24(34-4)35-5)36-14-20-19(38-22(30)7-2)12-21(37-20)29-13-18(26)23(31)27-25(29)32/h8-11,13,15,19-21,24H,6-7,12,14H2,1-5H3,(H,28,33)(H,27,31,32)/t15?,19-,20+,21+,40?/m0/s1. The summed E-state index contributed by atoms with van der Waals surface area (Å²) < 4.78 is 62.2. The Labute approximate surface area is 230 Å². The van der Waals surface area contributed by atoms with E-state index in [0.29, 0.717) is 12.6 Å². The van der Waals surface area contributed by atoms with Gasteiger partial charge in [-0.2, -0.15) is 4.39 Å². The maximum Gasteiger partial charge on any atom is 0.459 e. The molecular weight excluding hydrogens is 552 g/mol. The lowest BCUT2D eigenvalue weighted by Crippen LogP contribution is -2.40. The molecule has 0 radical (unpaired) electrons. The molecule has 1 aliphatic rings. The maximum absolute atomic E-state index is 14.0. The Balaban J connectivity index is 1.86. The largest absolute Gasteiger partial charge is 0.459 e. The average molecular weight is 588 g/mol. The molecule has 40 heavy (non-hydrogen) atoms. The zero-order valence-corrected chi connectivity index (χ0v) is 23.9. The number of rotatable bonds is 14. The number of hydrogen-bond donors (Lipinski definition) is 2. The molecule has 1 saturated heterocycles. The molecule has 0 aliphatic carbocycles. The molecule has 2 aromatic rings. The van der Waals surface area contributed by atoms with Gasteiger partial charge in [0.25, 0.3) is 5.56 Å². The van der Waals surface area contributed by atoms with E-state index in [1.807, 2.05) is 18.0 Å². The topological polar surface area (TPSA) is 156 Å². The van der Waals surface area contributed by atoms with Gasteiger partial charge in [-0.15, -0.1) is 0 Å². The number of ether oxygens (including phenoxy) is 4. The predicted molar refractivity (Wildman–Crippen MR) is 140 cm³/mol. The van der Waals surface area contributed by atoms with Crippen molar-refractivity contribution in [1.29, 1.82) is 0 Å². The van der Waals surface area contributed by atoms with Gasteiger partial charge >= 0.3 is 19.4 Å². The van der Waals surface area contributed by atoms with Gasteiger partial charge < -0.3 is 23.5 Å². The average Bonchev–Trinajstić information content (AvgIpc) is 3.32. The minimum atomic E-state index is -4.15. The van der Waals surface area contributed by atoms with Crippen LogP contribution in [0.3, 0.4) is 0 Å². The smallest absolute Gasteiger partial charge is 0.459 e. The molecule has 2 heterocycles. The van der Waals surface area contributed by atoms with Gasteiger partial charge in [0, 0.05) is 27.1 Å². The van der Waals surface area contributed by atoms with Gasteiger partial charge in [-0.3, -0.25) is 23.7 Å². The molecule has 0 bridgehead atoms. The van der Waals surface area contributed by atoms with Crippen molar-refractivity contribution in [2.75, 3.05) is 20.8 Å². The van der Waals surface area contributed by atoms with Crippen LogP contribution in [0, 0.1) is 5.82 Å². The van der Waals surface area contributed by atoms with Crippen molar-refractivity contribution >= 4 is 13.7 Å². The number of aryl methyl sites for hydroxylation is 1. The third-order valence-corrected chi connectivity index (χ3v) is 7.83. The van der Waals surface area contributed by atoms with Crippen LogP contribution in [0.4, 0.5) is 4.39 Å². The molecule has 0 saturated carbocycles. The van der Waals surface area contributed by atoms with Gasteiger partial charge in [-0.05, 0) is 31.0 Å². The fraction of sp³-hybridized carbons (Fsp3) is 0.560. The Bertz CT molecular complexity index is 1310. The van der Waals surface area contributed by atoms with Crippen LogP contribution in [-0.4, -0.2) is 60.9 Å². The third-order valence-electron chi connectivity index (χ3n) is 6.16. The molecule has 222 valence electrons. The first-order chi connectivity index (χ1) is 19.0. The highest BCUT2D eigenvalue weighted by Crippen LogP contribution is 2.46. The van der Waals surface area contributed by atoms with Gasteiger partial charge in [-0.25, -0.2) is 14.4 Å². The molecule has 1 fully saturated rings. The summed E-state index contributed by atoms with van der Waals surface area (Å²) in [6.07, 6.45) is -2.45. The van der Waals surface area contributed by atoms with Crippen molar-refractivity contribution in [2.24, 2.45) is 0 Å². The second-order valence-electron chi connectivity index (χ2n) is 9.03. The zero-order valence-electron chi connectivity index (χ0n) is 23.0. The summed E-state index contributed by atoms with van der Waals surface area (Å²) in [4.78, 5) is 37.7. The predicted octanol–water partition coefficient (Wildman–Crippen LogP) is 2.65. The van der Waals surface area contributed by atoms with Crippen molar-refractivity contribution < 1.29 is 41.7 Å². The summed E-state index contributed by atoms with van der Waals surface area (Å²) in [6.45, 7) is 4.81. The number of benzene rings is 1. The number of esters is 1. The highest BCUT2D eigenvalue weighted by atomic mass is 31.2. The van der Waals surface area contributed by atoms with Crippen molar-refractivity contribution in [3.8, 4) is 5.75 Å². The second kappa shape index (κ2) is 14.2. The molecular formula is C25H35FN3O10P. The highest BCUT2D eigenvalue weighted by Gasteiger charge is 2.42. The van der Waals surface area contributed by atoms with Crippen molar-refractivity contribution in [1.82, 2.24) is 14.6 Å². The molecule has 1 aliphatic heterocycles. The Hall–Kier alpha value is -2.87. The molecule has 0 spiro atoms. The van der Waals surface area contributed by atoms with E-state index >= 15 is 0 Å². The number of aromatic amines is 1. The van der Waals surface area contributed by atoms with E-state index in [9.17, 15) is 23.3 Å². The number of methoxy groups -OCH3 is 2. The normalized spacial score (nSPS) is 21.2. The molecule has 2 unspecified atom stereocenters. The molecule has 3 rings (SSSR count). The van der Waals surface area contributed by atoms with Crippen LogP contribution in [0.2, 0.25) is 0 Å². The lowest BCUT2D eigenvalue weighted by Gasteiger charge is -2.28. The highest BCUT2D eigenvalue weighted by molar-refractivity contribution is 7.52. The Morgan fingerprint density at radius 3 is 2.65 bits per heavy atom. The minimum Gasteiger partial charge on any atom is -0.459 e. The summed E-state index contributed by atoms with van der Waals surface area (Å²) in [7, 11) is -1.31. The molecule has 13 nitrogen and oxygen atoms in total. The van der Waals surface area contributed by atoms with E-state index in [2.05, 4.69) is 5.09 Å². The molecule has 5 atom stereocenters. The number of hydrogen-bond acceptors (Lipinski definition) is 10. The monoisotopic (exact) mass is 587 g/mol. The number of aromatic nitrogens is 2. The maximum atomic E-state index is 14.0. The van der Waals surface area contributed by atoms with Gasteiger partial charge in [0.15, 0.2) is 6.29 Å². The SMILES string of the molecule is CCC(=O)O[C@H]1C[C@H](n2cc(F)c(=O)[nH]c2=O)O[C@@H]1COP(=O)(NC(C)C(OC)OC)Oc1cccc(CC)c1. The first-order valence-corrected chi connectivity index (χ1v) is 14.3. The van der Waals surface area contributed by atoms with Gasteiger partial charge in [-0.1, -0.05) is 26.0 Å². The Morgan fingerprint density at radius 2 is 2.00 bits per heavy atom. The fourth-order valence-corrected chi connectivity index (χ4v) is 5.64. The number of H-pyrrole nitrogens is 1. The van der Waals surface area contributed by atoms with Gasteiger partial charge in [0.05, 0.1) is 18.8 Å². The van der Waals surface area contributed by atoms with E-state index in [-0.39, 0.29) is 18.6 Å². The van der Waals surface area contributed by atoms with E-state index < -0.39 is 68.2 Å². The molecule has 2 N–H and O–H groups in total. The van der Waals surface area contributed by atoms with Crippen LogP contribution >= 0.6 is 7.75 Å². The summed E-state index contributed by atoms with van der Waals surface area (Å²) in [6, 6.07) is 6.32. The number of nitrogens with zero attached hydrogens (tertiary/aromatic N) is 1. The van der Waals surface area contributed by atoms with Gasteiger partial charge in [0.2, 0.25) is 5.82 Å². The first-order valence-electron chi connectivity index (χ1n) is 12.7. The summed E-state index contributed by atoms with van der Waals surface area (Å²) in [5.74, 6) is -1.46. The van der Waals surface area contributed by atoms with Crippen LogP contribution < -0.4 is 20.9 Å². The zero-order chi connectivity index (χ0) is 29.4. The van der Waals surface area contributed by atoms with E-state index in [1.54, 1.807) is 32.0 Å². The van der Waals surface area contributed by atoms with E-state index in [1.165, 1.54) is 14.2 Å². The Kier molecular flexibility index (Phi) is 11.2. The van der Waals surface area contributed by atoms with Crippen LogP contribution in [0.15, 0.2) is 40.1 Å². The van der Waals surface area contributed by atoms with Crippen molar-refractivity contribution in [3.63, 3.8) is 0 Å². The fourth-order valence-electron chi connectivity index (χ4n) is 4.11. The van der Waals surface area contributed by atoms with Crippen LogP contribution in [0.1, 0.15) is 45.4 Å². The quantitative estimate of drug-likeness (QED) is 0.190. The van der Waals surface area contributed by atoms with Crippen molar-refractivity contribution in [3.05, 3.63) is 62.7 Å². The summed E-state index contributed by atoms with van der Waals surface area (Å²) >= 11 is 0. The number of carbonyl (C=O) groups is 1. The van der Waals surface area contributed by atoms with Crippen LogP contribution in [0.5, 0.6) is 5.75 Å². The molecule has 0 amide bonds. The number of halogens is 1. The van der Waals surface area contributed by atoms with E-state index in [4.69, 9.17) is 28.0 Å². The Morgan fingerprint density at radius 1 is 1.27 bits per heavy atom. The van der Waals surface area contributed by atoms with Crippen LogP contribution in [0.25, 0.3) is 0 Å². The molecule has 1 aromatic carbocycles. The van der Waals surface area contributed by atoms with E-state index in [0.717, 1.165) is 10.1 Å².